The van der Waals surface area contributed by atoms with Gasteiger partial charge >= 0.3 is 0 Å². The van der Waals surface area contributed by atoms with Crippen molar-refractivity contribution in [2.75, 3.05) is 12.4 Å². The van der Waals surface area contributed by atoms with Gasteiger partial charge in [0.15, 0.2) is 0 Å². The van der Waals surface area contributed by atoms with E-state index in [4.69, 9.17) is 4.74 Å². The van der Waals surface area contributed by atoms with Gasteiger partial charge in [-0.1, -0.05) is 35.0 Å². The minimum absolute atomic E-state index is 0.592. The Balaban J connectivity index is 2.75. The molecule has 0 radical (unpaired) electrons. The van der Waals surface area contributed by atoms with Gasteiger partial charge in [0.05, 0.1) is 7.11 Å². The standard InChI is InChI=1S/C11H15BrO/c1-9(6-7-12)10-4-3-5-11(8-10)13-2/h3-5,8-9H,6-7H2,1-2H3. The average Bonchev–Trinajstić information content (AvgIpc) is 2.18. The van der Waals surface area contributed by atoms with E-state index in [2.05, 4.69) is 35.0 Å². The highest BCUT2D eigenvalue weighted by Crippen LogP contribution is 2.23. The Morgan fingerprint density at radius 2 is 2.23 bits per heavy atom. The maximum absolute atomic E-state index is 5.17. The van der Waals surface area contributed by atoms with Crippen LogP contribution < -0.4 is 4.74 Å². The van der Waals surface area contributed by atoms with E-state index in [0.717, 1.165) is 17.5 Å². The second kappa shape index (κ2) is 5.28. The lowest BCUT2D eigenvalue weighted by Gasteiger charge is -2.10. The first kappa shape index (κ1) is 10.6. The summed E-state index contributed by atoms with van der Waals surface area (Å²) in [5.41, 5.74) is 1.35. The molecule has 0 amide bonds. The predicted molar refractivity (Wildman–Crippen MR) is 59.8 cm³/mol. The molecule has 0 saturated carbocycles. The van der Waals surface area contributed by atoms with E-state index in [1.165, 1.54) is 5.56 Å². The van der Waals surface area contributed by atoms with Crippen LogP contribution in [0.5, 0.6) is 5.75 Å². The van der Waals surface area contributed by atoms with E-state index >= 15 is 0 Å². The summed E-state index contributed by atoms with van der Waals surface area (Å²) in [5.74, 6) is 1.54. The van der Waals surface area contributed by atoms with E-state index < -0.39 is 0 Å². The van der Waals surface area contributed by atoms with E-state index in [1.54, 1.807) is 7.11 Å². The van der Waals surface area contributed by atoms with Crippen LogP contribution in [0.25, 0.3) is 0 Å². The Hall–Kier alpha value is -0.500. The van der Waals surface area contributed by atoms with Crippen LogP contribution in [0.4, 0.5) is 0 Å². The van der Waals surface area contributed by atoms with Crippen molar-refractivity contribution >= 4 is 15.9 Å². The predicted octanol–water partition coefficient (Wildman–Crippen LogP) is 3.58. The van der Waals surface area contributed by atoms with Gasteiger partial charge in [0, 0.05) is 5.33 Å². The summed E-state index contributed by atoms with van der Waals surface area (Å²) >= 11 is 3.45. The number of rotatable bonds is 4. The molecule has 2 heteroatoms. The van der Waals surface area contributed by atoms with Gasteiger partial charge < -0.3 is 4.74 Å². The van der Waals surface area contributed by atoms with Crippen LogP contribution in [-0.2, 0) is 0 Å². The quantitative estimate of drug-likeness (QED) is 0.734. The van der Waals surface area contributed by atoms with Gasteiger partial charge in [0.1, 0.15) is 5.75 Å². The number of hydrogen-bond acceptors (Lipinski definition) is 1. The van der Waals surface area contributed by atoms with Crippen LogP contribution in [-0.4, -0.2) is 12.4 Å². The highest BCUT2D eigenvalue weighted by Gasteiger charge is 2.04. The number of halogens is 1. The maximum atomic E-state index is 5.17. The summed E-state index contributed by atoms with van der Waals surface area (Å²) in [5, 5.41) is 1.05. The molecule has 1 atom stereocenters. The number of methoxy groups -OCH3 is 1. The normalized spacial score (nSPS) is 12.5. The number of hydrogen-bond donors (Lipinski definition) is 0. The summed E-state index contributed by atoms with van der Waals surface area (Å²) in [6.45, 7) is 2.23. The van der Waals surface area contributed by atoms with Crippen molar-refractivity contribution in [1.29, 1.82) is 0 Å². The summed E-state index contributed by atoms with van der Waals surface area (Å²) in [6.07, 6.45) is 1.16. The molecule has 0 bridgehead atoms. The Morgan fingerprint density at radius 3 is 2.85 bits per heavy atom. The maximum Gasteiger partial charge on any atom is 0.119 e. The monoisotopic (exact) mass is 242 g/mol. The molecule has 0 aromatic heterocycles. The number of benzene rings is 1. The molecule has 1 aromatic carbocycles. The molecule has 0 saturated heterocycles. The lowest BCUT2D eigenvalue weighted by molar-refractivity contribution is 0.414. The van der Waals surface area contributed by atoms with Gasteiger partial charge in [-0.3, -0.25) is 0 Å². The van der Waals surface area contributed by atoms with E-state index in [-0.39, 0.29) is 0 Å². The first-order valence-corrected chi connectivity index (χ1v) is 5.60. The molecule has 0 fully saturated rings. The second-order valence-corrected chi connectivity index (χ2v) is 3.95. The van der Waals surface area contributed by atoms with Gasteiger partial charge in [-0.05, 0) is 30.0 Å². The van der Waals surface area contributed by atoms with Crippen LogP contribution >= 0.6 is 15.9 Å². The van der Waals surface area contributed by atoms with Gasteiger partial charge in [-0.25, -0.2) is 0 Å². The van der Waals surface area contributed by atoms with Crippen molar-refractivity contribution in [1.82, 2.24) is 0 Å². The van der Waals surface area contributed by atoms with Crippen LogP contribution in [0.15, 0.2) is 24.3 Å². The lowest BCUT2D eigenvalue weighted by Crippen LogP contribution is -1.94. The molecular weight excluding hydrogens is 228 g/mol. The fourth-order valence-corrected chi connectivity index (χ4v) is 1.97. The summed E-state index contributed by atoms with van der Waals surface area (Å²) < 4.78 is 5.17. The molecule has 1 rings (SSSR count). The summed E-state index contributed by atoms with van der Waals surface area (Å²) in [6, 6.07) is 8.27. The molecular formula is C11H15BrO. The fraction of sp³-hybridized carbons (Fsp3) is 0.455. The zero-order valence-corrected chi connectivity index (χ0v) is 9.67. The highest BCUT2D eigenvalue weighted by molar-refractivity contribution is 9.09. The molecule has 0 heterocycles. The minimum Gasteiger partial charge on any atom is -0.497 e. The van der Waals surface area contributed by atoms with Crippen molar-refractivity contribution in [3.63, 3.8) is 0 Å². The van der Waals surface area contributed by atoms with Crippen LogP contribution in [0.3, 0.4) is 0 Å². The molecule has 0 spiro atoms. The van der Waals surface area contributed by atoms with Crippen LogP contribution in [0, 0.1) is 0 Å². The molecule has 0 aliphatic rings. The molecule has 0 aliphatic carbocycles. The lowest BCUT2D eigenvalue weighted by atomic mass is 9.99. The van der Waals surface area contributed by atoms with Crippen LogP contribution in [0.2, 0.25) is 0 Å². The highest BCUT2D eigenvalue weighted by atomic mass is 79.9. The molecule has 1 unspecified atom stereocenters. The molecule has 0 aliphatic heterocycles. The third-order valence-corrected chi connectivity index (χ3v) is 2.66. The second-order valence-electron chi connectivity index (χ2n) is 3.16. The number of alkyl halides is 1. The van der Waals surface area contributed by atoms with Crippen LogP contribution in [0.1, 0.15) is 24.8 Å². The Bertz CT molecular complexity index is 260. The van der Waals surface area contributed by atoms with Crippen molar-refractivity contribution in [3.8, 4) is 5.75 Å². The Morgan fingerprint density at radius 1 is 1.46 bits per heavy atom. The third-order valence-electron chi connectivity index (χ3n) is 2.20. The van der Waals surface area contributed by atoms with E-state index in [1.807, 2.05) is 12.1 Å². The smallest absolute Gasteiger partial charge is 0.119 e. The summed E-state index contributed by atoms with van der Waals surface area (Å²) in [7, 11) is 1.70. The minimum atomic E-state index is 0.592. The topological polar surface area (TPSA) is 9.23 Å². The Kier molecular flexibility index (Phi) is 4.29. The fourth-order valence-electron chi connectivity index (χ4n) is 1.28. The van der Waals surface area contributed by atoms with Gasteiger partial charge in [0.25, 0.3) is 0 Å². The van der Waals surface area contributed by atoms with Crippen molar-refractivity contribution < 1.29 is 4.74 Å². The van der Waals surface area contributed by atoms with Crippen molar-refractivity contribution in [3.05, 3.63) is 29.8 Å². The Labute approximate surface area is 88.2 Å². The average molecular weight is 243 g/mol. The molecule has 1 aromatic rings. The van der Waals surface area contributed by atoms with Gasteiger partial charge in [-0.2, -0.15) is 0 Å². The molecule has 13 heavy (non-hydrogen) atoms. The van der Waals surface area contributed by atoms with Gasteiger partial charge in [0.2, 0.25) is 0 Å². The zero-order valence-electron chi connectivity index (χ0n) is 8.09. The summed E-state index contributed by atoms with van der Waals surface area (Å²) in [4.78, 5) is 0. The SMILES string of the molecule is COc1cccc(C(C)CCBr)c1. The van der Waals surface area contributed by atoms with Gasteiger partial charge in [-0.15, -0.1) is 0 Å². The molecule has 1 nitrogen and oxygen atoms in total. The number of ether oxygens (including phenoxy) is 1. The molecule has 72 valence electrons. The third kappa shape index (κ3) is 3.03. The largest absolute Gasteiger partial charge is 0.497 e. The van der Waals surface area contributed by atoms with E-state index in [9.17, 15) is 0 Å². The zero-order chi connectivity index (χ0) is 9.68. The molecule has 0 N–H and O–H groups in total. The van der Waals surface area contributed by atoms with Crippen molar-refractivity contribution in [2.45, 2.75) is 19.3 Å². The first-order chi connectivity index (χ1) is 6.27. The van der Waals surface area contributed by atoms with E-state index in [0.29, 0.717) is 5.92 Å². The first-order valence-electron chi connectivity index (χ1n) is 4.48. The van der Waals surface area contributed by atoms with Crippen molar-refractivity contribution in [2.24, 2.45) is 0 Å².